The van der Waals surface area contributed by atoms with E-state index in [4.69, 9.17) is 15.2 Å². The van der Waals surface area contributed by atoms with Crippen molar-refractivity contribution in [2.24, 2.45) is 5.73 Å². The largest absolute Gasteiger partial charge is 0.489 e. The molecule has 1 heterocycles. The second-order valence-corrected chi connectivity index (χ2v) is 8.29. The molecule has 4 nitrogen and oxygen atoms in total. The van der Waals surface area contributed by atoms with Crippen LogP contribution in [0.1, 0.15) is 23.6 Å². The summed E-state index contributed by atoms with van der Waals surface area (Å²) in [4.78, 5) is 11.0. The summed E-state index contributed by atoms with van der Waals surface area (Å²) in [5.41, 5.74) is 11.5. The third-order valence-electron chi connectivity index (χ3n) is 5.13. The van der Waals surface area contributed by atoms with E-state index in [0.717, 1.165) is 22.4 Å². The molecule has 0 amide bonds. The summed E-state index contributed by atoms with van der Waals surface area (Å²) in [5.74, 6) is 0.542. The number of hydrogen-bond acceptors (Lipinski definition) is 5. The minimum absolute atomic E-state index is 0.270. The SMILES string of the molecule is CC(=O)OCCc1ccccc1OCc1cc(-c2cccc(CN)c2)c2sccc2c1. The molecule has 2 N–H and O–H groups in total. The number of carbonyl (C=O) groups is 1. The van der Waals surface area contributed by atoms with Crippen LogP contribution in [-0.4, -0.2) is 12.6 Å². The van der Waals surface area contributed by atoms with Crippen LogP contribution in [0.3, 0.4) is 0 Å². The van der Waals surface area contributed by atoms with Crippen molar-refractivity contribution >= 4 is 27.4 Å². The van der Waals surface area contributed by atoms with Gasteiger partial charge in [0.15, 0.2) is 0 Å². The number of fused-ring (bicyclic) bond motifs is 1. The Bertz CT molecular complexity index is 1200. The summed E-state index contributed by atoms with van der Waals surface area (Å²) in [6, 6.07) is 22.8. The zero-order valence-electron chi connectivity index (χ0n) is 17.5. The molecule has 0 atom stereocenters. The number of carbonyl (C=O) groups excluding carboxylic acids is 1. The molecule has 4 rings (SSSR count). The zero-order valence-corrected chi connectivity index (χ0v) is 18.3. The maximum atomic E-state index is 11.0. The number of rotatable bonds is 8. The fourth-order valence-electron chi connectivity index (χ4n) is 3.62. The molecule has 0 saturated heterocycles. The molecule has 0 bridgehead atoms. The summed E-state index contributed by atoms with van der Waals surface area (Å²) >= 11 is 1.75. The van der Waals surface area contributed by atoms with Gasteiger partial charge in [-0.05, 0) is 68.9 Å². The summed E-state index contributed by atoms with van der Waals surface area (Å²) in [6.07, 6.45) is 0.621. The van der Waals surface area contributed by atoms with Crippen LogP contribution < -0.4 is 10.5 Å². The standard InChI is InChI=1S/C26H25NO3S/c1-18(28)29-11-9-21-6-2-3-8-25(21)30-17-20-14-23-10-12-31-26(23)24(15-20)22-7-4-5-19(13-22)16-27/h2-8,10,12-15H,9,11,16-17,27H2,1H3. The van der Waals surface area contributed by atoms with Crippen molar-refractivity contribution < 1.29 is 14.3 Å². The Hall–Kier alpha value is -3.15. The summed E-state index contributed by atoms with van der Waals surface area (Å²) in [6.45, 7) is 2.75. The Labute approximate surface area is 186 Å². The van der Waals surface area contributed by atoms with Crippen LogP contribution in [0.4, 0.5) is 0 Å². The van der Waals surface area contributed by atoms with Crippen LogP contribution in [0.5, 0.6) is 5.75 Å². The second-order valence-electron chi connectivity index (χ2n) is 7.37. The van der Waals surface area contributed by atoms with Crippen LogP contribution in [0.2, 0.25) is 0 Å². The molecule has 158 valence electrons. The molecular formula is C26H25NO3S. The lowest BCUT2D eigenvalue weighted by molar-refractivity contribution is -0.140. The number of thiophene rings is 1. The number of para-hydroxylation sites is 1. The Kier molecular flexibility index (Phi) is 6.65. The lowest BCUT2D eigenvalue weighted by Crippen LogP contribution is -2.05. The molecule has 3 aromatic carbocycles. The Balaban J connectivity index is 1.58. The molecule has 0 unspecified atom stereocenters. The normalized spacial score (nSPS) is 10.9. The first-order valence-electron chi connectivity index (χ1n) is 10.3. The van der Waals surface area contributed by atoms with Crippen LogP contribution in [0.25, 0.3) is 21.2 Å². The van der Waals surface area contributed by atoms with E-state index in [2.05, 4.69) is 47.8 Å². The Morgan fingerprint density at radius 3 is 2.71 bits per heavy atom. The molecule has 0 spiro atoms. The first-order chi connectivity index (χ1) is 15.1. The minimum atomic E-state index is -0.270. The van der Waals surface area contributed by atoms with Crippen molar-refractivity contribution in [3.8, 4) is 16.9 Å². The van der Waals surface area contributed by atoms with E-state index >= 15 is 0 Å². The van der Waals surface area contributed by atoms with Crippen molar-refractivity contribution in [1.82, 2.24) is 0 Å². The highest BCUT2D eigenvalue weighted by Crippen LogP contribution is 2.35. The van der Waals surface area contributed by atoms with Gasteiger partial charge in [-0.2, -0.15) is 0 Å². The van der Waals surface area contributed by atoms with Crippen LogP contribution in [0.15, 0.2) is 72.1 Å². The van der Waals surface area contributed by atoms with Crippen molar-refractivity contribution in [2.75, 3.05) is 6.61 Å². The van der Waals surface area contributed by atoms with Gasteiger partial charge in [-0.15, -0.1) is 11.3 Å². The van der Waals surface area contributed by atoms with E-state index in [9.17, 15) is 4.79 Å². The molecule has 31 heavy (non-hydrogen) atoms. The highest BCUT2D eigenvalue weighted by Gasteiger charge is 2.10. The summed E-state index contributed by atoms with van der Waals surface area (Å²) in [7, 11) is 0. The van der Waals surface area contributed by atoms with E-state index in [-0.39, 0.29) is 5.97 Å². The Morgan fingerprint density at radius 2 is 1.87 bits per heavy atom. The first-order valence-corrected chi connectivity index (χ1v) is 11.2. The average Bonchev–Trinajstić information content (AvgIpc) is 3.26. The highest BCUT2D eigenvalue weighted by molar-refractivity contribution is 7.17. The van der Waals surface area contributed by atoms with E-state index in [1.54, 1.807) is 11.3 Å². The molecule has 4 aromatic rings. The van der Waals surface area contributed by atoms with Crippen LogP contribution in [0, 0.1) is 0 Å². The predicted molar refractivity (Wildman–Crippen MR) is 126 cm³/mol. The smallest absolute Gasteiger partial charge is 0.302 e. The van der Waals surface area contributed by atoms with E-state index in [0.29, 0.717) is 26.2 Å². The molecule has 0 aliphatic carbocycles. The molecule has 1 aromatic heterocycles. The van der Waals surface area contributed by atoms with Gasteiger partial charge >= 0.3 is 5.97 Å². The third kappa shape index (κ3) is 5.13. The molecule has 0 saturated carbocycles. The van der Waals surface area contributed by atoms with Gasteiger partial charge in [-0.3, -0.25) is 4.79 Å². The molecular weight excluding hydrogens is 406 g/mol. The number of ether oxygens (including phenoxy) is 2. The third-order valence-corrected chi connectivity index (χ3v) is 6.09. The van der Waals surface area contributed by atoms with Crippen molar-refractivity contribution in [2.45, 2.75) is 26.5 Å². The summed E-state index contributed by atoms with van der Waals surface area (Å²) < 4.78 is 12.5. The summed E-state index contributed by atoms with van der Waals surface area (Å²) in [5, 5.41) is 3.33. The predicted octanol–water partition coefficient (Wildman–Crippen LogP) is 5.71. The van der Waals surface area contributed by atoms with Gasteiger partial charge in [0.2, 0.25) is 0 Å². The zero-order chi connectivity index (χ0) is 21.6. The second kappa shape index (κ2) is 9.77. The Morgan fingerprint density at radius 1 is 1.00 bits per heavy atom. The van der Waals surface area contributed by atoms with Crippen molar-refractivity contribution in [1.29, 1.82) is 0 Å². The highest BCUT2D eigenvalue weighted by atomic mass is 32.1. The van der Waals surface area contributed by atoms with Crippen molar-refractivity contribution in [3.05, 3.63) is 88.8 Å². The topological polar surface area (TPSA) is 61.5 Å². The average molecular weight is 432 g/mol. The van der Waals surface area contributed by atoms with Gasteiger partial charge < -0.3 is 15.2 Å². The van der Waals surface area contributed by atoms with Gasteiger partial charge in [0, 0.05) is 24.6 Å². The maximum absolute atomic E-state index is 11.0. The van der Waals surface area contributed by atoms with Crippen LogP contribution in [-0.2, 0) is 29.1 Å². The van der Waals surface area contributed by atoms with Gasteiger partial charge in [-0.25, -0.2) is 0 Å². The van der Waals surface area contributed by atoms with Gasteiger partial charge in [-0.1, -0.05) is 36.4 Å². The number of nitrogens with two attached hydrogens (primary N) is 1. The molecule has 0 fully saturated rings. The van der Waals surface area contributed by atoms with Gasteiger partial charge in [0.05, 0.1) is 6.61 Å². The van der Waals surface area contributed by atoms with E-state index in [1.165, 1.54) is 28.1 Å². The number of hydrogen-bond donors (Lipinski definition) is 1. The molecule has 5 heteroatoms. The molecule has 0 aliphatic heterocycles. The quantitative estimate of drug-likeness (QED) is 0.363. The monoisotopic (exact) mass is 431 g/mol. The van der Waals surface area contributed by atoms with E-state index < -0.39 is 0 Å². The van der Waals surface area contributed by atoms with Crippen LogP contribution >= 0.6 is 11.3 Å². The van der Waals surface area contributed by atoms with Gasteiger partial charge in [0.25, 0.3) is 0 Å². The lowest BCUT2D eigenvalue weighted by atomic mass is 9.99. The fraction of sp³-hybridized carbons (Fsp3) is 0.192. The number of esters is 1. The van der Waals surface area contributed by atoms with E-state index in [1.807, 2.05) is 24.3 Å². The first kappa shape index (κ1) is 21.1. The van der Waals surface area contributed by atoms with Crippen molar-refractivity contribution in [3.63, 3.8) is 0 Å². The molecule has 0 radical (unpaired) electrons. The number of benzene rings is 3. The fourth-order valence-corrected chi connectivity index (χ4v) is 4.54. The molecule has 0 aliphatic rings. The minimum Gasteiger partial charge on any atom is -0.489 e. The lowest BCUT2D eigenvalue weighted by Gasteiger charge is -2.13. The maximum Gasteiger partial charge on any atom is 0.302 e. The van der Waals surface area contributed by atoms with Gasteiger partial charge in [0.1, 0.15) is 12.4 Å².